The molecule has 0 saturated heterocycles. The minimum absolute atomic E-state index is 0.839. The van der Waals surface area contributed by atoms with Crippen molar-refractivity contribution in [1.29, 1.82) is 0 Å². The summed E-state index contributed by atoms with van der Waals surface area (Å²) >= 11 is 3.55. The Hall–Kier alpha value is -1.26. The number of nitrogens with one attached hydrogen (secondary N) is 1. The maximum Gasteiger partial charge on any atom is 0.0952 e. The van der Waals surface area contributed by atoms with Gasteiger partial charge in [-0.2, -0.15) is 0 Å². The summed E-state index contributed by atoms with van der Waals surface area (Å²) < 4.78 is 6.22. The van der Waals surface area contributed by atoms with Gasteiger partial charge < -0.3 is 14.6 Å². The molecule has 1 N–H and O–H groups in total. The Morgan fingerprint density at radius 3 is 2.84 bits per heavy atom. The number of anilines is 1. The lowest BCUT2D eigenvalue weighted by Crippen LogP contribution is -2.20. The lowest BCUT2D eigenvalue weighted by atomic mass is 10.1. The number of rotatable bonds is 6. The van der Waals surface area contributed by atoms with Crippen LogP contribution in [0.3, 0.4) is 0 Å². The number of benzene rings is 1. The maximum atomic E-state index is 5.12. The molecule has 102 valence electrons. The zero-order valence-electron chi connectivity index (χ0n) is 11.3. The first kappa shape index (κ1) is 14.2. The summed E-state index contributed by atoms with van der Waals surface area (Å²) in [7, 11) is 2.10. The molecular weight excluding hydrogens is 304 g/mol. The van der Waals surface area contributed by atoms with E-state index in [1.807, 2.05) is 6.07 Å². The summed E-state index contributed by atoms with van der Waals surface area (Å²) in [6.07, 6.45) is 3.50. The van der Waals surface area contributed by atoms with E-state index >= 15 is 0 Å². The van der Waals surface area contributed by atoms with Crippen LogP contribution < -0.4 is 10.2 Å². The Balaban J connectivity index is 2.18. The predicted molar refractivity (Wildman–Crippen MR) is 82.3 cm³/mol. The van der Waals surface area contributed by atoms with Crippen LogP contribution in [0.1, 0.15) is 18.1 Å². The molecule has 2 rings (SSSR count). The zero-order valence-corrected chi connectivity index (χ0v) is 12.9. The lowest BCUT2D eigenvalue weighted by Gasteiger charge is -2.22. The molecule has 0 fully saturated rings. The fourth-order valence-corrected chi connectivity index (χ4v) is 2.39. The average Bonchev–Trinajstić information content (AvgIpc) is 2.90. The maximum absolute atomic E-state index is 5.12. The first-order chi connectivity index (χ1) is 9.20. The molecule has 0 radical (unpaired) electrons. The van der Waals surface area contributed by atoms with E-state index in [-0.39, 0.29) is 0 Å². The minimum atomic E-state index is 0.839. The van der Waals surface area contributed by atoms with Crippen LogP contribution in [-0.4, -0.2) is 13.6 Å². The molecule has 0 unspecified atom stereocenters. The van der Waals surface area contributed by atoms with Crippen LogP contribution in [0.2, 0.25) is 0 Å². The largest absolute Gasteiger partial charge is 0.472 e. The van der Waals surface area contributed by atoms with E-state index in [0.717, 1.165) is 24.1 Å². The van der Waals surface area contributed by atoms with Crippen molar-refractivity contribution in [2.45, 2.75) is 20.0 Å². The van der Waals surface area contributed by atoms with Crippen molar-refractivity contribution < 1.29 is 4.42 Å². The molecule has 0 bridgehead atoms. The third-order valence-corrected chi connectivity index (χ3v) is 3.52. The van der Waals surface area contributed by atoms with Crippen molar-refractivity contribution >= 4 is 21.6 Å². The van der Waals surface area contributed by atoms with Crippen molar-refractivity contribution in [3.8, 4) is 0 Å². The minimum Gasteiger partial charge on any atom is -0.472 e. The second-order valence-electron chi connectivity index (χ2n) is 4.54. The SMILES string of the molecule is CCNCc1ccc(Br)cc1N(C)Cc1ccoc1. The Morgan fingerprint density at radius 2 is 2.16 bits per heavy atom. The van der Waals surface area contributed by atoms with E-state index < -0.39 is 0 Å². The number of nitrogens with zero attached hydrogens (tertiary/aromatic N) is 1. The van der Waals surface area contributed by atoms with Gasteiger partial charge in [-0.25, -0.2) is 0 Å². The number of furan rings is 1. The highest BCUT2D eigenvalue weighted by Crippen LogP contribution is 2.25. The van der Waals surface area contributed by atoms with Crippen LogP contribution >= 0.6 is 15.9 Å². The normalized spacial score (nSPS) is 10.7. The van der Waals surface area contributed by atoms with Crippen molar-refractivity contribution in [3.63, 3.8) is 0 Å². The van der Waals surface area contributed by atoms with Gasteiger partial charge in [0.15, 0.2) is 0 Å². The highest BCUT2D eigenvalue weighted by molar-refractivity contribution is 9.10. The summed E-state index contributed by atoms with van der Waals surface area (Å²) in [5.74, 6) is 0. The predicted octanol–water partition coefficient (Wildman–Crippen LogP) is 3.79. The van der Waals surface area contributed by atoms with Crippen molar-refractivity contribution in [2.24, 2.45) is 0 Å². The molecule has 2 aromatic rings. The molecule has 4 heteroatoms. The number of hydrogen-bond acceptors (Lipinski definition) is 3. The molecule has 0 saturated carbocycles. The molecule has 0 aliphatic rings. The summed E-state index contributed by atoms with van der Waals surface area (Å²) in [6.45, 7) is 4.82. The fraction of sp³-hybridized carbons (Fsp3) is 0.333. The zero-order chi connectivity index (χ0) is 13.7. The van der Waals surface area contributed by atoms with Crippen LogP contribution in [0.15, 0.2) is 45.7 Å². The summed E-state index contributed by atoms with van der Waals surface area (Å²) in [6, 6.07) is 8.40. The summed E-state index contributed by atoms with van der Waals surface area (Å²) in [4.78, 5) is 2.24. The molecule has 1 heterocycles. The fourth-order valence-electron chi connectivity index (χ4n) is 2.04. The van der Waals surface area contributed by atoms with Gasteiger partial charge in [-0.3, -0.25) is 0 Å². The van der Waals surface area contributed by atoms with E-state index in [1.54, 1.807) is 12.5 Å². The van der Waals surface area contributed by atoms with E-state index in [1.165, 1.54) is 16.8 Å². The third-order valence-electron chi connectivity index (χ3n) is 3.02. The molecule has 0 spiro atoms. The van der Waals surface area contributed by atoms with Gasteiger partial charge in [0.1, 0.15) is 0 Å². The topological polar surface area (TPSA) is 28.4 Å². The van der Waals surface area contributed by atoms with E-state index in [0.29, 0.717) is 0 Å². The average molecular weight is 323 g/mol. The van der Waals surface area contributed by atoms with Crippen molar-refractivity contribution in [2.75, 3.05) is 18.5 Å². The van der Waals surface area contributed by atoms with E-state index in [2.05, 4.69) is 58.3 Å². The van der Waals surface area contributed by atoms with Gasteiger partial charge in [0.2, 0.25) is 0 Å². The molecule has 0 aliphatic heterocycles. The number of hydrogen-bond donors (Lipinski definition) is 1. The molecule has 0 amide bonds. The molecule has 1 aromatic carbocycles. The molecule has 19 heavy (non-hydrogen) atoms. The highest BCUT2D eigenvalue weighted by atomic mass is 79.9. The van der Waals surface area contributed by atoms with Gasteiger partial charge in [-0.15, -0.1) is 0 Å². The van der Waals surface area contributed by atoms with Gasteiger partial charge in [0.05, 0.1) is 12.5 Å². The Labute approximate surface area is 122 Å². The Bertz CT molecular complexity index is 511. The summed E-state index contributed by atoms with van der Waals surface area (Å²) in [5.41, 5.74) is 3.71. The second-order valence-corrected chi connectivity index (χ2v) is 5.46. The van der Waals surface area contributed by atoms with Crippen LogP contribution in [-0.2, 0) is 13.1 Å². The summed E-state index contributed by atoms with van der Waals surface area (Å²) in [5, 5.41) is 3.38. The van der Waals surface area contributed by atoms with Crippen LogP contribution in [0, 0.1) is 0 Å². The van der Waals surface area contributed by atoms with Gasteiger partial charge >= 0.3 is 0 Å². The molecular formula is C15H19BrN2O. The van der Waals surface area contributed by atoms with Gasteiger partial charge in [0, 0.05) is 35.9 Å². The highest BCUT2D eigenvalue weighted by Gasteiger charge is 2.09. The van der Waals surface area contributed by atoms with Gasteiger partial charge in [0.25, 0.3) is 0 Å². The lowest BCUT2D eigenvalue weighted by molar-refractivity contribution is 0.563. The Kier molecular flexibility index (Phi) is 5.05. The van der Waals surface area contributed by atoms with Crippen molar-refractivity contribution in [3.05, 3.63) is 52.4 Å². The first-order valence-electron chi connectivity index (χ1n) is 6.42. The molecule has 0 atom stereocenters. The van der Waals surface area contributed by atoms with E-state index in [4.69, 9.17) is 4.42 Å². The molecule has 0 aliphatic carbocycles. The van der Waals surface area contributed by atoms with Gasteiger partial charge in [-0.1, -0.05) is 28.9 Å². The van der Waals surface area contributed by atoms with Crippen molar-refractivity contribution in [1.82, 2.24) is 5.32 Å². The smallest absolute Gasteiger partial charge is 0.0952 e. The third kappa shape index (κ3) is 3.85. The van der Waals surface area contributed by atoms with Crippen LogP contribution in [0.4, 0.5) is 5.69 Å². The second kappa shape index (κ2) is 6.78. The Morgan fingerprint density at radius 1 is 1.32 bits per heavy atom. The molecule has 1 aromatic heterocycles. The number of halogens is 1. The van der Waals surface area contributed by atoms with Crippen LogP contribution in [0.25, 0.3) is 0 Å². The molecule has 3 nitrogen and oxygen atoms in total. The monoisotopic (exact) mass is 322 g/mol. The van der Waals surface area contributed by atoms with Gasteiger partial charge in [-0.05, 0) is 30.3 Å². The standard InChI is InChI=1S/C15H19BrN2O/c1-3-17-9-13-4-5-14(16)8-15(13)18(2)10-12-6-7-19-11-12/h4-8,11,17H,3,9-10H2,1-2H3. The van der Waals surface area contributed by atoms with E-state index in [9.17, 15) is 0 Å². The quantitative estimate of drug-likeness (QED) is 0.877. The van der Waals surface area contributed by atoms with Crippen LogP contribution in [0.5, 0.6) is 0 Å². The first-order valence-corrected chi connectivity index (χ1v) is 7.21.